The molecule has 0 bridgehead atoms. The Morgan fingerprint density at radius 3 is 1.48 bits per heavy atom. The minimum absolute atomic E-state index is 0.0147. The highest BCUT2D eigenvalue weighted by Gasteiger charge is 2.36. The van der Waals surface area contributed by atoms with Crippen molar-refractivity contribution in [3.8, 4) is 0 Å². The van der Waals surface area contributed by atoms with Crippen LogP contribution in [0.2, 0.25) is 0 Å². The molecule has 452 valence electrons. The lowest BCUT2D eigenvalue weighted by molar-refractivity contribution is -0.119. The second-order valence-corrected chi connectivity index (χ2v) is 25.2. The van der Waals surface area contributed by atoms with E-state index in [1.54, 1.807) is 43.3 Å². The maximum absolute atomic E-state index is 13.5. The summed E-state index contributed by atoms with van der Waals surface area (Å²) in [6.45, 7) is 28.7. The molecule has 2 unspecified atom stereocenters. The van der Waals surface area contributed by atoms with Crippen molar-refractivity contribution in [3.63, 3.8) is 0 Å². The Balaban J connectivity index is 1.32. The van der Waals surface area contributed by atoms with Crippen LogP contribution in [0, 0.1) is 11.3 Å². The first-order valence-corrected chi connectivity index (χ1v) is 28.4. The first-order valence-electron chi connectivity index (χ1n) is 28.1. The van der Waals surface area contributed by atoms with Crippen molar-refractivity contribution in [2.45, 2.75) is 136 Å². The fourth-order valence-electron chi connectivity index (χ4n) is 10.0. The van der Waals surface area contributed by atoms with Gasteiger partial charge in [-0.05, 0) is 169 Å². The SMILES string of the molecule is C=C(C)C(=O)NC(C)(C)CN(CCNC(=O)c1ccc(CCC(c2cc(C(=O)OC)nc(C(=O)OC)c2)C(C)C)cc1)CCNC(C)(C)CCNC(=O)c1ccc(CC(C)(C)CC(c2cc(C(=O)OC)nc(C(=O)OC)c2)C(C)(C)Cl)cc1. The van der Waals surface area contributed by atoms with Crippen LogP contribution in [0.5, 0.6) is 0 Å². The van der Waals surface area contributed by atoms with E-state index in [2.05, 4.69) is 84.3 Å². The van der Waals surface area contributed by atoms with Crippen LogP contribution in [0.4, 0.5) is 0 Å². The summed E-state index contributed by atoms with van der Waals surface area (Å²) in [5, 5.41) is 12.8. The molecule has 2 heterocycles. The fraction of sp³-hybridized carbons (Fsp3) is 0.516. The van der Waals surface area contributed by atoms with Crippen LogP contribution in [0.1, 0.15) is 192 Å². The Bertz CT molecular complexity index is 2850. The van der Waals surface area contributed by atoms with Crippen LogP contribution in [-0.4, -0.2) is 140 Å². The van der Waals surface area contributed by atoms with Gasteiger partial charge >= 0.3 is 23.9 Å². The number of nitrogens with zero attached hydrogens (tertiary/aromatic N) is 3. The standard InChI is InChI=1S/C64H88ClN7O11/c1-40(2)48(46-33-50(57(76)80-13)69-51(34-46)58(77)81-14)26-21-42-17-22-44(23-18-42)56(75)67-29-31-72(39-63(9,10)71-54(73)41(3)4)32-30-68-62(7,8)27-28-66-55(74)45-24-19-43(20-25-45)37-61(5,6)38-49(64(11,12)65)47-35-52(59(78)82-15)70-53(36-47)60(79)83-16/h17-20,22-25,33-36,40,48-49,68H,3,21,26-32,37-39H2,1-2,4-16H3,(H,66,74)(H,67,75)(H,71,73). The number of esters is 4. The van der Waals surface area contributed by atoms with Gasteiger partial charge in [-0.25, -0.2) is 29.1 Å². The summed E-state index contributed by atoms with van der Waals surface area (Å²) in [5.74, 6) is -3.45. The van der Waals surface area contributed by atoms with Crippen LogP contribution in [-0.2, 0) is 36.6 Å². The topological polar surface area (TPSA) is 234 Å². The monoisotopic (exact) mass is 1170 g/mol. The lowest BCUT2D eigenvalue weighted by atomic mass is 9.72. The van der Waals surface area contributed by atoms with Gasteiger partial charge in [-0.1, -0.05) is 58.5 Å². The number of carbonyl (C=O) groups is 7. The van der Waals surface area contributed by atoms with E-state index in [1.165, 1.54) is 28.4 Å². The molecule has 18 nitrogen and oxygen atoms in total. The largest absolute Gasteiger partial charge is 0.464 e. The van der Waals surface area contributed by atoms with Crippen molar-refractivity contribution in [3.05, 3.63) is 141 Å². The Labute approximate surface area is 496 Å². The Hall–Kier alpha value is -7.02. The first kappa shape index (κ1) is 68.5. The van der Waals surface area contributed by atoms with E-state index in [0.29, 0.717) is 93.6 Å². The summed E-state index contributed by atoms with van der Waals surface area (Å²) in [6.07, 6.45) is 3.26. The zero-order chi connectivity index (χ0) is 62.0. The highest BCUT2D eigenvalue weighted by Crippen LogP contribution is 2.44. The van der Waals surface area contributed by atoms with Crippen LogP contribution >= 0.6 is 11.6 Å². The van der Waals surface area contributed by atoms with Gasteiger partial charge < -0.3 is 40.2 Å². The molecule has 0 saturated heterocycles. The molecular formula is C64H88ClN7O11. The number of carbonyl (C=O) groups excluding carboxylic acids is 7. The van der Waals surface area contributed by atoms with Gasteiger partial charge in [-0.3, -0.25) is 19.3 Å². The Morgan fingerprint density at radius 2 is 1.05 bits per heavy atom. The molecule has 3 amide bonds. The predicted molar refractivity (Wildman–Crippen MR) is 322 cm³/mol. The molecule has 2 atom stereocenters. The number of nitrogens with one attached hydrogen (secondary N) is 4. The molecular weight excluding hydrogens is 1080 g/mol. The highest BCUT2D eigenvalue weighted by molar-refractivity contribution is 6.24. The number of alkyl halides is 1. The molecule has 2 aromatic heterocycles. The van der Waals surface area contributed by atoms with Gasteiger partial charge in [0.2, 0.25) is 5.91 Å². The van der Waals surface area contributed by atoms with Crippen molar-refractivity contribution in [2.75, 3.05) is 67.7 Å². The highest BCUT2D eigenvalue weighted by atomic mass is 35.5. The molecule has 0 radical (unpaired) electrons. The number of aromatic nitrogens is 2. The summed E-state index contributed by atoms with van der Waals surface area (Å²) >= 11 is 7.03. The van der Waals surface area contributed by atoms with Crippen molar-refractivity contribution in [1.29, 1.82) is 0 Å². The maximum Gasteiger partial charge on any atom is 0.356 e. The van der Waals surface area contributed by atoms with Gasteiger partial charge in [-0.2, -0.15) is 0 Å². The summed E-state index contributed by atoms with van der Waals surface area (Å²) in [5.41, 5.74) is 3.69. The smallest absolute Gasteiger partial charge is 0.356 e. The van der Waals surface area contributed by atoms with Gasteiger partial charge in [0.05, 0.1) is 28.4 Å². The van der Waals surface area contributed by atoms with E-state index in [9.17, 15) is 33.6 Å². The molecule has 0 aliphatic heterocycles. The van der Waals surface area contributed by atoms with Crippen molar-refractivity contribution in [2.24, 2.45) is 11.3 Å². The molecule has 4 aromatic rings. The van der Waals surface area contributed by atoms with Gasteiger partial charge in [0.1, 0.15) is 22.8 Å². The summed E-state index contributed by atoms with van der Waals surface area (Å²) in [7, 11) is 5.03. The predicted octanol–water partition coefficient (Wildman–Crippen LogP) is 9.45. The number of amides is 3. The first-order chi connectivity index (χ1) is 38.8. The number of pyridine rings is 2. The Morgan fingerprint density at radius 1 is 0.614 bits per heavy atom. The van der Waals surface area contributed by atoms with Crippen molar-refractivity contribution in [1.82, 2.24) is 36.1 Å². The van der Waals surface area contributed by atoms with Crippen molar-refractivity contribution < 1.29 is 52.5 Å². The lowest BCUT2D eigenvalue weighted by Gasteiger charge is -2.36. The van der Waals surface area contributed by atoms with E-state index in [1.807, 2.05) is 64.1 Å². The number of methoxy groups -OCH3 is 4. The van der Waals surface area contributed by atoms with Crippen LogP contribution < -0.4 is 21.3 Å². The van der Waals surface area contributed by atoms with Gasteiger partial charge in [-0.15, -0.1) is 11.6 Å². The minimum Gasteiger partial charge on any atom is -0.464 e. The summed E-state index contributed by atoms with van der Waals surface area (Å²) in [4.78, 5) is 99.3. The Kier molecular flexibility index (Phi) is 25.2. The second kappa shape index (κ2) is 30.5. The fourth-order valence-corrected chi connectivity index (χ4v) is 10.2. The van der Waals surface area contributed by atoms with Crippen LogP contribution in [0.3, 0.4) is 0 Å². The van der Waals surface area contributed by atoms with Crippen molar-refractivity contribution >= 4 is 53.2 Å². The van der Waals surface area contributed by atoms with Gasteiger partial charge in [0, 0.05) is 77.8 Å². The molecule has 19 heteroatoms. The summed E-state index contributed by atoms with van der Waals surface area (Å²) in [6, 6.07) is 21.6. The zero-order valence-electron chi connectivity index (χ0n) is 51.4. The third kappa shape index (κ3) is 21.6. The molecule has 4 N–H and O–H groups in total. The molecule has 0 saturated carbocycles. The number of ether oxygens (including phenoxy) is 4. The third-order valence-electron chi connectivity index (χ3n) is 14.6. The normalized spacial score (nSPS) is 12.7. The van der Waals surface area contributed by atoms with E-state index in [0.717, 1.165) is 16.7 Å². The molecule has 2 aromatic carbocycles. The number of aryl methyl sites for hydroxylation is 1. The number of hydrogen-bond donors (Lipinski definition) is 4. The van der Waals surface area contributed by atoms with E-state index >= 15 is 0 Å². The third-order valence-corrected chi connectivity index (χ3v) is 14.9. The van der Waals surface area contributed by atoms with Crippen LogP contribution in [0.25, 0.3) is 0 Å². The lowest BCUT2D eigenvalue weighted by Crippen LogP contribution is -2.54. The number of rotatable bonds is 31. The van der Waals surface area contributed by atoms with E-state index in [4.69, 9.17) is 30.5 Å². The molecule has 4 rings (SSSR count). The van der Waals surface area contributed by atoms with Crippen LogP contribution in [0.15, 0.2) is 84.9 Å². The number of halogens is 1. The molecule has 0 fully saturated rings. The second-order valence-electron chi connectivity index (χ2n) is 24.2. The van der Waals surface area contributed by atoms with Gasteiger partial charge in [0.25, 0.3) is 11.8 Å². The van der Waals surface area contributed by atoms with E-state index < -0.39 is 34.3 Å². The maximum atomic E-state index is 13.5. The number of benzene rings is 2. The zero-order valence-corrected chi connectivity index (χ0v) is 52.1. The number of hydrogen-bond acceptors (Lipinski definition) is 15. The molecule has 0 aliphatic carbocycles. The average molecular weight is 1170 g/mol. The quantitative estimate of drug-likeness (QED) is 0.0159. The summed E-state index contributed by atoms with van der Waals surface area (Å²) < 4.78 is 19.6. The molecule has 0 spiro atoms. The van der Waals surface area contributed by atoms with E-state index in [-0.39, 0.29) is 69.2 Å². The van der Waals surface area contributed by atoms with Gasteiger partial charge in [0.15, 0.2) is 0 Å². The average Bonchev–Trinajstić information content (AvgIpc) is 3.61. The minimum atomic E-state index is -0.775. The molecule has 0 aliphatic rings. The molecule has 83 heavy (non-hydrogen) atoms.